The van der Waals surface area contributed by atoms with Gasteiger partial charge in [-0.2, -0.15) is 15.1 Å². The van der Waals surface area contributed by atoms with Gasteiger partial charge in [-0.25, -0.2) is 0 Å². The number of nitrogens with zero attached hydrogens (tertiary/aromatic N) is 3. The third-order valence-corrected chi connectivity index (χ3v) is 5.99. The number of carbonyl (C=O) groups excluding carboxylic acids is 4. The molecule has 5 rings (SSSR count). The van der Waals surface area contributed by atoms with Crippen LogP contribution in [-0.2, 0) is 5.33 Å². The van der Waals surface area contributed by atoms with E-state index in [2.05, 4.69) is 15.9 Å². The summed E-state index contributed by atoms with van der Waals surface area (Å²) in [5.74, 6) is -2.56. The van der Waals surface area contributed by atoms with E-state index in [1.165, 1.54) is 24.3 Å². The molecule has 0 aromatic heterocycles. The Hall–Kier alpha value is -3.98. The molecular weight excluding hydrogens is 476 g/mol. The van der Waals surface area contributed by atoms with Crippen LogP contribution in [0.1, 0.15) is 47.0 Å². The molecular formula is C23H15BrN4O4. The Kier molecular flexibility index (Phi) is 4.56. The van der Waals surface area contributed by atoms with Crippen LogP contribution in [0.25, 0.3) is 0 Å². The summed E-state index contributed by atoms with van der Waals surface area (Å²) >= 11 is 3.39. The topological polar surface area (TPSA) is 104 Å². The van der Waals surface area contributed by atoms with Crippen molar-refractivity contribution < 1.29 is 19.2 Å². The van der Waals surface area contributed by atoms with Crippen molar-refractivity contribution in [2.45, 2.75) is 5.33 Å². The lowest BCUT2D eigenvalue weighted by Crippen LogP contribution is -2.58. The number of hydrogen-bond acceptors (Lipinski definition) is 6. The zero-order valence-electron chi connectivity index (χ0n) is 16.5. The fourth-order valence-electron chi connectivity index (χ4n) is 3.91. The minimum atomic E-state index is -0.639. The largest absolute Gasteiger partial charge is 0.399 e. The van der Waals surface area contributed by atoms with Gasteiger partial charge < -0.3 is 5.73 Å². The molecule has 2 heterocycles. The van der Waals surface area contributed by atoms with E-state index in [4.69, 9.17) is 5.73 Å². The zero-order chi connectivity index (χ0) is 22.6. The van der Waals surface area contributed by atoms with E-state index in [9.17, 15) is 19.2 Å². The van der Waals surface area contributed by atoms with E-state index in [1.54, 1.807) is 42.5 Å². The molecule has 32 heavy (non-hydrogen) atoms. The lowest BCUT2D eigenvalue weighted by molar-refractivity contribution is 0.0409. The molecule has 0 radical (unpaired) electrons. The van der Waals surface area contributed by atoms with Gasteiger partial charge in [0.2, 0.25) is 0 Å². The number of halogens is 1. The molecule has 0 atom stereocenters. The fourth-order valence-corrected chi connectivity index (χ4v) is 4.36. The molecule has 2 aliphatic heterocycles. The minimum Gasteiger partial charge on any atom is -0.399 e. The van der Waals surface area contributed by atoms with E-state index in [-0.39, 0.29) is 22.3 Å². The van der Waals surface area contributed by atoms with E-state index >= 15 is 0 Å². The van der Waals surface area contributed by atoms with Crippen LogP contribution in [0, 0.1) is 0 Å². The van der Waals surface area contributed by atoms with Gasteiger partial charge in [-0.3, -0.25) is 19.2 Å². The van der Waals surface area contributed by atoms with E-state index in [0.29, 0.717) is 22.3 Å². The van der Waals surface area contributed by atoms with Gasteiger partial charge in [0.25, 0.3) is 23.6 Å². The van der Waals surface area contributed by atoms with Gasteiger partial charge in [0.05, 0.1) is 27.9 Å². The number of rotatable bonds is 4. The average molecular weight is 491 g/mol. The predicted octanol–water partition coefficient (Wildman–Crippen LogP) is 3.39. The Balaban J connectivity index is 1.72. The highest BCUT2D eigenvalue weighted by Gasteiger charge is 2.48. The number of benzene rings is 3. The summed E-state index contributed by atoms with van der Waals surface area (Å²) in [7, 11) is 0. The zero-order valence-corrected chi connectivity index (χ0v) is 18.1. The second-order valence-electron chi connectivity index (χ2n) is 7.25. The smallest absolute Gasteiger partial charge is 0.282 e. The number of imide groups is 2. The number of hydrogen-bond donors (Lipinski definition) is 1. The first-order chi connectivity index (χ1) is 15.4. The highest BCUT2D eigenvalue weighted by atomic mass is 79.9. The number of nitrogens with two attached hydrogens (primary N) is 1. The van der Waals surface area contributed by atoms with Crippen LogP contribution >= 0.6 is 15.9 Å². The molecule has 8 nitrogen and oxygen atoms in total. The van der Waals surface area contributed by atoms with E-state index < -0.39 is 23.6 Å². The van der Waals surface area contributed by atoms with Crippen LogP contribution in [0.2, 0.25) is 0 Å². The van der Waals surface area contributed by atoms with Crippen molar-refractivity contribution in [3.8, 4) is 0 Å². The Bertz CT molecular complexity index is 1190. The molecule has 0 unspecified atom stereocenters. The van der Waals surface area contributed by atoms with Crippen LogP contribution < -0.4 is 10.9 Å². The number of fused-ring (bicyclic) bond motifs is 2. The predicted molar refractivity (Wildman–Crippen MR) is 120 cm³/mol. The molecule has 2 aliphatic rings. The number of anilines is 2. The summed E-state index contributed by atoms with van der Waals surface area (Å²) in [4.78, 5) is 53.2. The highest BCUT2D eigenvalue weighted by Crippen LogP contribution is 2.36. The lowest BCUT2D eigenvalue weighted by atomic mass is 10.1. The van der Waals surface area contributed by atoms with Crippen LogP contribution in [0.15, 0.2) is 66.7 Å². The fraction of sp³-hybridized carbons (Fsp3) is 0.0435. The van der Waals surface area contributed by atoms with E-state index in [0.717, 1.165) is 15.1 Å². The minimum absolute atomic E-state index is 0.190. The molecule has 4 amide bonds. The van der Waals surface area contributed by atoms with Crippen molar-refractivity contribution in [3.63, 3.8) is 0 Å². The maximum Gasteiger partial charge on any atom is 0.282 e. The van der Waals surface area contributed by atoms with Gasteiger partial charge in [-0.15, -0.1) is 0 Å². The summed E-state index contributed by atoms with van der Waals surface area (Å²) < 4.78 is 0. The molecule has 0 fully saturated rings. The third-order valence-electron chi connectivity index (χ3n) is 5.39. The van der Waals surface area contributed by atoms with Crippen molar-refractivity contribution in [2.75, 3.05) is 10.9 Å². The Morgan fingerprint density at radius 1 is 0.688 bits per heavy atom. The number of amides is 4. The SMILES string of the molecule is Nc1ccc(N(N2C(=O)c3ccccc3C2=O)N2C(=O)c3ccccc3C2=O)c(CBr)c1. The summed E-state index contributed by atoms with van der Waals surface area (Å²) in [6.45, 7) is 0. The van der Waals surface area contributed by atoms with Crippen molar-refractivity contribution in [3.05, 3.63) is 94.5 Å². The molecule has 3 aromatic carbocycles. The van der Waals surface area contributed by atoms with Gasteiger partial charge in [-0.1, -0.05) is 40.2 Å². The van der Waals surface area contributed by atoms with Crippen LogP contribution in [0.5, 0.6) is 0 Å². The number of hydrazine groups is 2. The van der Waals surface area contributed by atoms with Gasteiger partial charge in [0.15, 0.2) is 0 Å². The molecule has 0 saturated carbocycles. The number of nitrogen functional groups attached to an aromatic ring is 1. The Morgan fingerprint density at radius 2 is 1.09 bits per heavy atom. The first-order valence-electron chi connectivity index (χ1n) is 9.64. The lowest BCUT2D eigenvalue weighted by Gasteiger charge is -2.37. The maximum absolute atomic E-state index is 13.3. The molecule has 3 aromatic rings. The number of alkyl halides is 1. The number of carbonyl (C=O) groups is 4. The standard InChI is InChI=1S/C23H15BrN4O4/c24-12-13-11-14(25)9-10-19(13)28(26-20(29)15-5-1-2-6-16(15)21(26)30)27-22(31)17-7-3-4-8-18(17)23(27)32/h1-11H,12,25H2. The Labute approximate surface area is 190 Å². The van der Waals surface area contributed by atoms with Crippen LogP contribution in [0.3, 0.4) is 0 Å². The van der Waals surface area contributed by atoms with Crippen LogP contribution in [0.4, 0.5) is 11.4 Å². The highest BCUT2D eigenvalue weighted by molar-refractivity contribution is 9.08. The first kappa shape index (κ1) is 20.0. The van der Waals surface area contributed by atoms with Crippen molar-refractivity contribution in [1.82, 2.24) is 10.0 Å². The molecule has 9 heteroatoms. The molecule has 0 spiro atoms. The van der Waals surface area contributed by atoms with Gasteiger partial charge >= 0.3 is 0 Å². The summed E-state index contributed by atoms with van der Waals surface area (Å²) in [6, 6.07) is 17.5. The summed E-state index contributed by atoms with van der Waals surface area (Å²) in [6.07, 6.45) is 0. The normalized spacial score (nSPS) is 14.8. The van der Waals surface area contributed by atoms with Crippen LogP contribution in [-0.4, -0.2) is 33.6 Å². The summed E-state index contributed by atoms with van der Waals surface area (Å²) in [5, 5.41) is 3.01. The van der Waals surface area contributed by atoms with Gasteiger partial charge in [0, 0.05) is 11.0 Å². The third kappa shape index (κ3) is 2.75. The van der Waals surface area contributed by atoms with Crippen molar-refractivity contribution >= 4 is 50.9 Å². The monoisotopic (exact) mass is 490 g/mol. The molecule has 2 N–H and O–H groups in total. The van der Waals surface area contributed by atoms with Crippen molar-refractivity contribution in [1.29, 1.82) is 0 Å². The van der Waals surface area contributed by atoms with E-state index in [1.807, 2.05) is 0 Å². The maximum atomic E-state index is 13.3. The average Bonchev–Trinajstić information content (AvgIpc) is 3.21. The van der Waals surface area contributed by atoms with Gasteiger partial charge in [0.1, 0.15) is 0 Å². The Morgan fingerprint density at radius 3 is 1.47 bits per heavy atom. The van der Waals surface area contributed by atoms with Crippen molar-refractivity contribution in [2.24, 2.45) is 0 Å². The molecule has 0 saturated heterocycles. The second kappa shape index (κ2) is 7.31. The summed E-state index contributed by atoms with van der Waals surface area (Å²) in [5.41, 5.74) is 8.01. The first-order valence-corrected chi connectivity index (χ1v) is 10.8. The molecule has 0 bridgehead atoms. The second-order valence-corrected chi connectivity index (χ2v) is 7.81. The molecule has 158 valence electrons. The van der Waals surface area contributed by atoms with Gasteiger partial charge in [-0.05, 0) is 48.0 Å². The molecule has 0 aliphatic carbocycles. The quantitative estimate of drug-likeness (QED) is 0.341.